The van der Waals surface area contributed by atoms with Gasteiger partial charge in [0, 0.05) is 6.04 Å². The van der Waals surface area contributed by atoms with Gasteiger partial charge in [-0.05, 0) is 38.8 Å². The second kappa shape index (κ2) is 3.35. The first-order chi connectivity index (χ1) is 5.79. The SMILES string of the molecule is CN1CCC1C(O)C1CCCC1. The van der Waals surface area contributed by atoms with Gasteiger partial charge in [-0.2, -0.15) is 0 Å². The Hall–Kier alpha value is -0.0800. The molecule has 0 aromatic heterocycles. The molecule has 0 aromatic carbocycles. The predicted molar refractivity (Wildman–Crippen MR) is 49.0 cm³/mol. The third-order valence-electron chi connectivity index (χ3n) is 3.62. The van der Waals surface area contributed by atoms with Crippen LogP contribution in [0.5, 0.6) is 0 Å². The fraction of sp³-hybridized carbons (Fsp3) is 1.00. The molecule has 12 heavy (non-hydrogen) atoms. The van der Waals surface area contributed by atoms with Gasteiger partial charge in [0.05, 0.1) is 6.10 Å². The lowest BCUT2D eigenvalue weighted by atomic mass is 9.88. The van der Waals surface area contributed by atoms with Crippen molar-refractivity contribution in [3.63, 3.8) is 0 Å². The summed E-state index contributed by atoms with van der Waals surface area (Å²) >= 11 is 0. The number of hydrogen-bond donors (Lipinski definition) is 1. The van der Waals surface area contributed by atoms with E-state index in [0.717, 1.165) is 0 Å². The third kappa shape index (κ3) is 1.38. The van der Waals surface area contributed by atoms with Gasteiger partial charge in [0.25, 0.3) is 0 Å². The molecule has 2 rings (SSSR count). The van der Waals surface area contributed by atoms with E-state index in [2.05, 4.69) is 11.9 Å². The zero-order chi connectivity index (χ0) is 8.55. The molecule has 2 nitrogen and oxygen atoms in total. The van der Waals surface area contributed by atoms with Crippen molar-refractivity contribution in [3.05, 3.63) is 0 Å². The van der Waals surface area contributed by atoms with E-state index in [4.69, 9.17) is 0 Å². The van der Waals surface area contributed by atoms with Gasteiger partial charge in [-0.3, -0.25) is 0 Å². The van der Waals surface area contributed by atoms with Gasteiger partial charge in [-0.25, -0.2) is 0 Å². The lowest BCUT2D eigenvalue weighted by molar-refractivity contribution is -0.0275. The van der Waals surface area contributed by atoms with Crippen LogP contribution in [0.2, 0.25) is 0 Å². The van der Waals surface area contributed by atoms with Crippen LogP contribution in [0.4, 0.5) is 0 Å². The lowest BCUT2D eigenvalue weighted by Crippen LogP contribution is -2.53. The number of aliphatic hydroxyl groups excluding tert-OH is 1. The van der Waals surface area contributed by atoms with Crippen molar-refractivity contribution in [2.24, 2.45) is 5.92 Å². The highest BCUT2D eigenvalue weighted by Crippen LogP contribution is 2.33. The molecule has 0 aromatic rings. The highest BCUT2D eigenvalue weighted by molar-refractivity contribution is 4.90. The minimum Gasteiger partial charge on any atom is -0.391 e. The Kier molecular flexibility index (Phi) is 2.37. The van der Waals surface area contributed by atoms with Crippen LogP contribution in [0.1, 0.15) is 32.1 Å². The summed E-state index contributed by atoms with van der Waals surface area (Å²) in [5.74, 6) is 0.609. The molecule has 70 valence electrons. The van der Waals surface area contributed by atoms with E-state index in [1.807, 2.05) is 0 Å². The summed E-state index contributed by atoms with van der Waals surface area (Å²) in [7, 11) is 2.12. The summed E-state index contributed by atoms with van der Waals surface area (Å²) in [4.78, 5) is 2.28. The van der Waals surface area contributed by atoms with Crippen molar-refractivity contribution >= 4 is 0 Å². The number of hydrogen-bond acceptors (Lipinski definition) is 2. The van der Waals surface area contributed by atoms with Crippen LogP contribution in [0.15, 0.2) is 0 Å². The van der Waals surface area contributed by atoms with Gasteiger partial charge in [0.2, 0.25) is 0 Å². The fourth-order valence-electron chi connectivity index (χ4n) is 2.58. The quantitative estimate of drug-likeness (QED) is 0.672. The highest BCUT2D eigenvalue weighted by atomic mass is 16.3. The van der Waals surface area contributed by atoms with E-state index in [1.54, 1.807) is 0 Å². The summed E-state index contributed by atoms with van der Waals surface area (Å²) in [6.07, 6.45) is 6.34. The van der Waals surface area contributed by atoms with Crippen molar-refractivity contribution in [1.29, 1.82) is 0 Å². The maximum atomic E-state index is 10.00. The molecular formula is C10H19NO. The normalized spacial score (nSPS) is 35.0. The van der Waals surface area contributed by atoms with E-state index in [0.29, 0.717) is 12.0 Å². The molecule has 0 amide bonds. The summed E-state index contributed by atoms with van der Waals surface area (Å²) < 4.78 is 0. The second-order valence-electron chi connectivity index (χ2n) is 4.37. The third-order valence-corrected chi connectivity index (χ3v) is 3.62. The molecule has 1 aliphatic carbocycles. The molecule has 1 saturated carbocycles. The number of rotatable bonds is 2. The molecule has 2 atom stereocenters. The van der Waals surface area contributed by atoms with Crippen LogP contribution in [0.25, 0.3) is 0 Å². The van der Waals surface area contributed by atoms with Gasteiger partial charge in [-0.15, -0.1) is 0 Å². The maximum absolute atomic E-state index is 10.00. The van der Waals surface area contributed by atoms with Crippen molar-refractivity contribution in [2.75, 3.05) is 13.6 Å². The monoisotopic (exact) mass is 169 g/mol. The summed E-state index contributed by atoms with van der Waals surface area (Å²) in [5.41, 5.74) is 0. The van der Waals surface area contributed by atoms with Crippen LogP contribution >= 0.6 is 0 Å². The van der Waals surface area contributed by atoms with E-state index in [1.165, 1.54) is 38.6 Å². The van der Waals surface area contributed by atoms with E-state index >= 15 is 0 Å². The topological polar surface area (TPSA) is 23.5 Å². The second-order valence-corrected chi connectivity index (χ2v) is 4.37. The Morgan fingerprint density at radius 3 is 2.33 bits per heavy atom. The molecule has 2 aliphatic rings. The highest BCUT2D eigenvalue weighted by Gasteiger charge is 2.36. The first kappa shape index (κ1) is 8.52. The predicted octanol–water partition coefficient (Wildman–Crippen LogP) is 1.24. The summed E-state index contributed by atoms with van der Waals surface area (Å²) in [6.45, 7) is 1.18. The molecule has 1 N–H and O–H groups in total. The van der Waals surface area contributed by atoms with Crippen LogP contribution in [0, 0.1) is 5.92 Å². The van der Waals surface area contributed by atoms with Gasteiger partial charge in [0.1, 0.15) is 0 Å². The average molecular weight is 169 g/mol. The van der Waals surface area contributed by atoms with Crippen LogP contribution in [0.3, 0.4) is 0 Å². The first-order valence-electron chi connectivity index (χ1n) is 5.17. The molecule has 2 unspecified atom stereocenters. The van der Waals surface area contributed by atoms with E-state index < -0.39 is 0 Å². The summed E-state index contributed by atoms with van der Waals surface area (Å²) in [6, 6.07) is 0.480. The number of likely N-dealkylation sites (N-methyl/N-ethyl adjacent to an activating group) is 1. The Labute approximate surface area is 74.6 Å². The maximum Gasteiger partial charge on any atom is 0.0723 e. The van der Waals surface area contributed by atoms with Gasteiger partial charge < -0.3 is 10.0 Å². The van der Waals surface area contributed by atoms with E-state index in [-0.39, 0.29) is 6.10 Å². The lowest BCUT2D eigenvalue weighted by Gasteiger charge is -2.42. The Morgan fingerprint density at radius 1 is 1.25 bits per heavy atom. The number of aliphatic hydroxyl groups is 1. The molecular weight excluding hydrogens is 150 g/mol. The molecule has 2 heteroatoms. The minimum absolute atomic E-state index is 0.0359. The smallest absolute Gasteiger partial charge is 0.0723 e. The molecule has 0 spiro atoms. The minimum atomic E-state index is -0.0359. The largest absolute Gasteiger partial charge is 0.391 e. The van der Waals surface area contributed by atoms with Crippen molar-refractivity contribution < 1.29 is 5.11 Å². The van der Waals surface area contributed by atoms with Crippen LogP contribution in [-0.4, -0.2) is 35.7 Å². The zero-order valence-electron chi connectivity index (χ0n) is 7.87. The van der Waals surface area contributed by atoms with Crippen molar-refractivity contribution in [2.45, 2.75) is 44.2 Å². The zero-order valence-corrected chi connectivity index (χ0v) is 7.87. The van der Waals surface area contributed by atoms with Crippen molar-refractivity contribution in [1.82, 2.24) is 4.90 Å². The molecule has 2 fully saturated rings. The Bertz CT molecular complexity index is 152. The average Bonchev–Trinajstić information content (AvgIpc) is 2.53. The van der Waals surface area contributed by atoms with Crippen LogP contribution < -0.4 is 0 Å². The van der Waals surface area contributed by atoms with Crippen molar-refractivity contribution in [3.8, 4) is 0 Å². The summed E-state index contributed by atoms with van der Waals surface area (Å²) in [5, 5.41) is 10.00. The van der Waals surface area contributed by atoms with Gasteiger partial charge in [-0.1, -0.05) is 12.8 Å². The number of likely N-dealkylation sites (tertiary alicyclic amines) is 1. The molecule has 1 aliphatic heterocycles. The van der Waals surface area contributed by atoms with Gasteiger partial charge in [0.15, 0.2) is 0 Å². The van der Waals surface area contributed by atoms with Gasteiger partial charge >= 0.3 is 0 Å². The number of nitrogens with zero attached hydrogens (tertiary/aromatic N) is 1. The molecule has 1 heterocycles. The molecule has 0 radical (unpaired) electrons. The standard InChI is InChI=1S/C10H19NO/c1-11-7-6-9(11)10(12)8-4-2-3-5-8/h8-10,12H,2-7H2,1H3. The Morgan fingerprint density at radius 2 is 1.92 bits per heavy atom. The molecule has 0 bridgehead atoms. The Balaban J connectivity index is 1.86. The van der Waals surface area contributed by atoms with Crippen LogP contribution in [-0.2, 0) is 0 Å². The molecule has 1 saturated heterocycles. The fourth-order valence-corrected chi connectivity index (χ4v) is 2.58. The van der Waals surface area contributed by atoms with E-state index in [9.17, 15) is 5.11 Å². The first-order valence-corrected chi connectivity index (χ1v) is 5.17.